The summed E-state index contributed by atoms with van der Waals surface area (Å²) in [4.78, 5) is 10.6. The van der Waals surface area contributed by atoms with Gasteiger partial charge in [0.25, 0.3) is 0 Å². The number of carbonyl (C=O) groups is 1. The molecule has 1 aromatic heterocycles. The summed E-state index contributed by atoms with van der Waals surface area (Å²) in [7, 11) is 0. The molecule has 1 heterocycles. The Morgan fingerprint density at radius 2 is 2.13 bits per heavy atom. The van der Waals surface area contributed by atoms with Gasteiger partial charge in [0.2, 0.25) is 0 Å². The van der Waals surface area contributed by atoms with E-state index in [9.17, 15) is 9.18 Å². The third kappa shape index (κ3) is 1.88. The van der Waals surface area contributed by atoms with E-state index in [2.05, 4.69) is 0 Å². The predicted molar refractivity (Wildman–Crippen MR) is 51.1 cm³/mol. The summed E-state index contributed by atoms with van der Waals surface area (Å²) in [5, 5.41) is 8.67. The Hall–Kier alpha value is -2.10. The highest BCUT2D eigenvalue weighted by molar-refractivity contribution is 5.88. The van der Waals surface area contributed by atoms with Gasteiger partial charge >= 0.3 is 5.97 Å². The number of halogens is 1. The van der Waals surface area contributed by atoms with Crippen molar-refractivity contribution in [3.05, 3.63) is 48.0 Å². The van der Waals surface area contributed by atoms with Crippen molar-refractivity contribution in [3.8, 4) is 11.3 Å². The first-order chi connectivity index (χ1) is 7.16. The summed E-state index contributed by atoms with van der Waals surface area (Å²) in [6.45, 7) is 0. The number of hydrogen-bond donors (Lipinski definition) is 1. The number of carboxylic acids is 1. The Balaban J connectivity index is 2.41. The minimum atomic E-state index is -1.07. The third-order valence-corrected chi connectivity index (χ3v) is 1.96. The van der Waals surface area contributed by atoms with Crippen LogP contribution in [0.25, 0.3) is 11.3 Å². The predicted octanol–water partition coefficient (Wildman–Crippen LogP) is 2.78. The van der Waals surface area contributed by atoms with Crippen LogP contribution >= 0.6 is 0 Å². The van der Waals surface area contributed by atoms with Crippen LogP contribution in [0.5, 0.6) is 0 Å². The largest absolute Gasteiger partial charge is 0.478 e. The molecule has 0 saturated heterocycles. The number of furan rings is 1. The summed E-state index contributed by atoms with van der Waals surface area (Å²) in [5.41, 5.74) is 0.566. The molecule has 1 N–H and O–H groups in total. The summed E-state index contributed by atoms with van der Waals surface area (Å²) in [5.74, 6) is -1.12. The Kier molecular flexibility index (Phi) is 2.25. The van der Waals surface area contributed by atoms with Crippen molar-refractivity contribution in [3.63, 3.8) is 0 Å². The number of hydrogen-bond acceptors (Lipinski definition) is 2. The van der Waals surface area contributed by atoms with Crippen molar-refractivity contribution in [2.24, 2.45) is 0 Å². The molecule has 0 fully saturated rings. The first-order valence-corrected chi connectivity index (χ1v) is 4.24. The van der Waals surface area contributed by atoms with Crippen molar-refractivity contribution in [2.75, 3.05) is 0 Å². The van der Waals surface area contributed by atoms with E-state index in [4.69, 9.17) is 9.52 Å². The van der Waals surface area contributed by atoms with Gasteiger partial charge in [0.15, 0.2) is 0 Å². The number of carboxylic acid groups (broad SMARTS) is 1. The molecule has 4 heteroatoms. The van der Waals surface area contributed by atoms with Crippen LogP contribution in [0.3, 0.4) is 0 Å². The molecule has 2 rings (SSSR count). The second kappa shape index (κ2) is 3.57. The Morgan fingerprint density at radius 1 is 1.33 bits per heavy atom. The van der Waals surface area contributed by atoms with E-state index in [1.54, 1.807) is 6.07 Å². The fraction of sp³-hybridized carbons (Fsp3) is 0. The molecule has 0 spiro atoms. The number of rotatable bonds is 2. The van der Waals surface area contributed by atoms with Gasteiger partial charge in [-0.2, -0.15) is 0 Å². The zero-order valence-corrected chi connectivity index (χ0v) is 7.61. The molecule has 0 atom stereocenters. The van der Waals surface area contributed by atoms with Gasteiger partial charge in [-0.25, -0.2) is 9.18 Å². The van der Waals surface area contributed by atoms with Crippen LogP contribution in [-0.4, -0.2) is 11.1 Å². The zero-order chi connectivity index (χ0) is 10.8. The van der Waals surface area contributed by atoms with Gasteiger partial charge in [-0.1, -0.05) is 12.1 Å². The van der Waals surface area contributed by atoms with E-state index in [1.165, 1.54) is 24.3 Å². The van der Waals surface area contributed by atoms with Crippen LogP contribution in [0.15, 0.2) is 41.0 Å². The van der Waals surface area contributed by atoms with Gasteiger partial charge < -0.3 is 9.52 Å². The van der Waals surface area contributed by atoms with Crippen molar-refractivity contribution < 1.29 is 18.7 Å². The molecule has 2 aromatic rings. The average Bonchev–Trinajstić information content (AvgIpc) is 2.66. The maximum atomic E-state index is 12.9. The minimum absolute atomic E-state index is 0.0502. The van der Waals surface area contributed by atoms with Crippen molar-refractivity contribution >= 4 is 5.97 Å². The lowest BCUT2D eigenvalue weighted by Gasteiger charge is -1.95. The molecule has 76 valence electrons. The Labute approximate surface area is 84.8 Å². The lowest BCUT2D eigenvalue weighted by Crippen LogP contribution is -1.91. The molecule has 0 bridgehead atoms. The molecule has 0 unspecified atom stereocenters. The number of benzene rings is 1. The van der Waals surface area contributed by atoms with Crippen LogP contribution < -0.4 is 0 Å². The summed E-state index contributed by atoms with van der Waals surface area (Å²) < 4.78 is 17.9. The van der Waals surface area contributed by atoms with E-state index < -0.39 is 5.97 Å². The molecule has 3 nitrogen and oxygen atoms in total. The maximum absolute atomic E-state index is 12.9. The van der Waals surface area contributed by atoms with Gasteiger partial charge in [0.05, 0.1) is 5.56 Å². The minimum Gasteiger partial charge on any atom is -0.478 e. The van der Waals surface area contributed by atoms with E-state index in [0.29, 0.717) is 11.3 Å². The quantitative estimate of drug-likeness (QED) is 0.821. The highest BCUT2D eigenvalue weighted by Gasteiger charge is 2.09. The Morgan fingerprint density at radius 3 is 2.73 bits per heavy atom. The molecule has 0 aliphatic rings. The molecule has 0 saturated carbocycles. The third-order valence-electron chi connectivity index (χ3n) is 1.96. The average molecular weight is 206 g/mol. The standard InChI is InChI=1S/C11H7FO3/c12-9-3-1-2-7(4-9)10-5-8(6-15-10)11(13)14/h1-6H,(H,13,14). The lowest BCUT2D eigenvalue weighted by atomic mass is 10.1. The van der Waals surface area contributed by atoms with Gasteiger partial charge in [0.1, 0.15) is 17.8 Å². The van der Waals surface area contributed by atoms with Crippen molar-refractivity contribution in [1.29, 1.82) is 0 Å². The smallest absolute Gasteiger partial charge is 0.338 e. The van der Waals surface area contributed by atoms with E-state index in [1.807, 2.05) is 0 Å². The SMILES string of the molecule is O=C(O)c1coc(-c2cccc(F)c2)c1. The first kappa shape index (κ1) is 9.45. The van der Waals surface area contributed by atoms with Crippen LogP contribution in [0.1, 0.15) is 10.4 Å². The van der Waals surface area contributed by atoms with Gasteiger partial charge in [-0.3, -0.25) is 0 Å². The molecule has 15 heavy (non-hydrogen) atoms. The first-order valence-electron chi connectivity index (χ1n) is 4.24. The second-order valence-electron chi connectivity index (χ2n) is 3.02. The molecule has 0 aliphatic carbocycles. The molecule has 0 amide bonds. The van der Waals surface area contributed by atoms with Crippen molar-refractivity contribution in [2.45, 2.75) is 0 Å². The summed E-state index contributed by atoms with van der Waals surface area (Å²) in [6, 6.07) is 7.13. The van der Waals surface area contributed by atoms with E-state index >= 15 is 0 Å². The van der Waals surface area contributed by atoms with Crippen LogP contribution in [-0.2, 0) is 0 Å². The number of aromatic carboxylic acids is 1. The summed E-state index contributed by atoms with van der Waals surface area (Å²) in [6.07, 6.45) is 1.13. The maximum Gasteiger partial charge on any atom is 0.338 e. The van der Waals surface area contributed by atoms with E-state index in [-0.39, 0.29) is 11.4 Å². The fourth-order valence-electron chi connectivity index (χ4n) is 1.24. The van der Waals surface area contributed by atoms with E-state index in [0.717, 1.165) is 6.26 Å². The Bertz CT molecular complexity index is 502. The highest BCUT2D eigenvalue weighted by Crippen LogP contribution is 2.22. The monoisotopic (exact) mass is 206 g/mol. The molecule has 0 aliphatic heterocycles. The van der Waals surface area contributed by atoms with Gasteiger partial charge in [0, 0.05) is 5.56 Å². The van der Waals surface area contributed by atoms with Crippen LogP contribution in [0, 0.1) is 5.82 Å². The summed E-state index contributed by atoms with van der Waals surface area (Å²) >= 11 is 0. The molecular formula is C11H7FO3. The molecule has 1 aromatic carbocycles. The van der Waals surface area contributed by atoms with Gasteiger partial charge in [-0.05, 0) is 18.2 Å². The molecular weight excluding hydrogens is 199 g/mol. The normalized spacial score (nSPS) is 10.2. The second-order valence-corrected chi connectivity index (χ2v) is 3.02. The highest BCUT2D eigenvalue weighted by atomic mass is 19.1. The lowest BCUT2D eigenvalue weighted by molar-refractivity contribution is 0.0696. The van der Waals surface area contributed by atoms with Crippen LogP contribution in [0.2, 0.25) is 0 Å². The zero-order valence-electron chi connectivity index (χ0n) is 7.61. The topological polar surface area (TPSA) is 50.4 Å². The van der Waals surface area contributed by atoms with Gasteiger partial charge in [-0.15, -0.1) is 0 Å². The van der Waals surface area contributed by atoms with Crippen LogP contribution in [0.4, 0.5) is 4.39 Å². The fourth-order valence-corrected chi connectivity index (χ4v) is 1.24. The molecule has 0 radical (unpaired) electrons. The van der Waals surface area contributed by atoms with Crippen molar-refractivity contribution in [1.82, 2.24) is 0 Å².